The molecule has 31 heavy (non-hydrogen) atoms. The van der Waals surface area contributed by atoms with Crippen LogP contribution < -0.4 is 5.32 Å². The van der Waals surface area contributed by atoms with Gasteiger partial charge >= 0.3 is 6.18 Å². The normalized spacial score (nSPS) is 16.8. The Kier molecular flexibility index (Phi) is 4.29. The summed E-state index contributed by atoms with van der Waals surface area (Å²) in [5.74, 6) is -0.134. The lowest BCUT2D eigenvalue weighted by Crippen LogP contribution is -2.21. The molecule has 0 aliphatic carbocycles. The van der Waals surface area contributed by atoms with Crippen molar-refractivity contribution >= 4 is 26.4 Å². The van der Waals surface area contributed by atoms with Crippen LogP contribution in [0.1, 0.15) is 17.4 Å². The molecule has 4 heterocycles. The van der Waals surface area contributed by atoms with Crippen molar-refractivity contribution in [1.29, 1.82) is 0 Å². The molecule has 1 aromatic carbocycles. The summed E-state index contributed by atoms with van der Waals surface area (Å²) in [6, 6.07) is 7.21. The molecule has 0 fully saturated rings. The van der Waals surface area contributed by atoms with Gasteiger partial charge in [0.1, 0.15) is 4.90 Å². The second kappa shape index (κ2) is 6.80. The van der Waals surface area contributed by atoms with Crippen molar-refractivity contribution in [1.82, 2.24) is 24.5 Å². The molecule has 0 saturated carbocycles. The van der Waals surface area contributed by atoms with E-state index in [4.69, 9.17) is 0 Å². The first-order valence-electron chi connectivity index (χ1n) is 9.27. The summed E-state index contributed by atoms with van der Waals surface area (Å²) >= 11 is 0. The smallest absolute Gasteiger partial charge is 0.383 e. The van der Waals surface area contributed by atoms with Crippen LogP contribution in [0, 0.1) is 0 Å². The number of benzene rings is 1. The fraction of sp³-hybridized carbons (Fsp3) is 0.211. The third-order valence-corrected chi connectivity index (χ3v) is 7.17. The van der Waals surface area contributed by atoms with E-state index in [1.807, 2.05) is 18.2 Å². The van der Waals surface area contributed by atoms with Crippen LogP contribution in [0.2, 0.25) is 0 Å². The number of nitrogens with zero attached hydrogens (tertiary/aromatic N) is 5. The summed E-state index contributed by atoms with van der Waals surface area (Å²) in [5.41, 5.74) is 0.569. The zero-order valence-electron chi connectivity index (χ0n) is 15.8. The molecular weight excluding hydrogens is 433 g/mol. The summed E-state index contributed by atoms with van der Waals surface area (Å²) in [7, 11) is -3.94. The lowest BCUT2D eigenvalue weighted by molar-refractivity contribution is -0.137. The van der Waals surface area contributed by atoms with E-state index in [-0.39, 0.29) is 17.1 Å². The Morgan fingerprint density at radius 1 is 1.13 bits per heavy atom. The summed E-state index contributed by atoms with van der Waals surface area (Å²) in [4.78, 5) is 3.75. The average molecular weight is 448 g/mol. The first-order valence-corrected chi connectivity index (χ1v) is 10.8. The largest absolute Gasteiger partial charge is 0.416 e. The van der Waals surface area contributed by atoms with Crippen LogP contribution in [0.3, 0.4) is 0 Å². The Morgan fingerprint density at radius 3 is 2.77 bits per heavy atom. The molecule has 1 atom stereocenters. The van der Waals surface area contributed by atoms with Crippen molar-refractivity contribution in [3.63, 3.8) is 0 Å². The van der Waals surface area contributed by atoms with E-state index in [1.165, 1.54) is 10.9 Å². The molecule has 0 amide bonds. The minimum atomic E-state index is -4.55. The quantitative estimate of drug-likeness (QED) is 0.516. The van der Waals surface area contributed by atoms with Gasteiger partial charge in [-0.05, 0) is 18.2 Å². The van der Waals surface area contributed by atoms with E-state index >= 15 is 0 Å². The Bertz CT molecular complexity index is 1390. The number of alkyl halides is 3. The van der Waals surface area contributed by atoms with E-state index in [9.17, 15) is 21.6 Å². The van der Waals surface area contributed by atoms with Crippen molar-refractivity contribution in [3.8, 4) is 5.82 Å². The number of para-hydroxylation sites is 1. The predicted molar refractivity (Wildman–Crippen MR) is 105 cm³/mol. The molecule has 0 radical (unpaired) electrons. The van der Waals surface area contributed by atoms with E-state index in [2.05, 4.69) is 20.5 Å². The van der Waals surface area contributed by atoms with E-state index in [0.717, 1.165) is 40.3 Å². The standard InChI is InChI=1S/C19H15F3N6O2S/c20-19(21,22)13-4-6-24-16(8-13)27-11-14(10-25-27)31(29,30)17-5-7-23-15-3-1-2-12-9-26-28(17)18(12)15/h1-4,6,8-11,17,23H,5,7H2. The third kappa shape index (κ3) is 3.23. The highest BCUT2D eigenvalue weighted by atomic mass is 32.2. The minimum Gasteiger partial charge on any atom is -0.383 e. The van der Waals surface area contributed by atoms with Crippen LogP contribution in [0.25, 0.3) is 16.7 Å². The lowest BCUT2D eigenvalue weighted by atomic mass is 10.2. The van der Waals surface area contributed by atoms with Crippen molar-refractivity contribution in [2.24, 2.45) is 0 Å². The average Bonchev–Trinajstić information content (AvgIpc) is 3.34. The molecule has 1 aliphatic rings. The van der Waals surface area contributed by atoms with Crippen LogP contribution in [0.4, 0.5) is 18.9 Å². The fourth-order valence-corrected chi connectivity index (χ4v) is 5.27. The number of aromatic nitrogens is 5. The Morgan fingerprint density at radius 2 is 1.97 bits per heavy atom. The van der Waals surface area contributed by atoms with Gasteiger partial charge in [-0.1, -0.05) is 12.1 Å². The van der Waals surface area contributed by atoms with Gasteiger partial charge in [-0.2, -0.15) is 23.4 Å². The molecule has 160 valence electrons. The number of hydrogen-bond acceptors (Lipinski definition) is 6. The van der Waals surface area contributed by atoms with Crippen molar-refractivity contribution in [2.75, 3.05) is 11.9 Å². The van der Waals surface area contributed by atoms with Crippen molar-refractivity contribution in [3.05, 3.63) is 60.7 Å². The highest BCUT2D eigenvalue weighted by Gasteiger charge is 2.34. The maximum absolute atomic E-state index is 13.4. The first kappa shape index (κ1) is 19.5. The topological polar surface area (TPSA) is 94.7 Å². The number of sulfone groups is 1. The molecule has 5 rings (SSSR count). The monoisotopic (exact) mass is 448 g/mol. The van der Waals surface area contributed by atoms with Crippen LogP contribution in [-0.2, 0) is 16.0 Å². The van der Waals surface area contributed by atoms with Gasteiger partial charge in [-0.3, -0.25) is 0 Å². The highest BCUT2D eigenvalue weighted by molar-refractivity contribution is 7.91. The van der Waals surface area contributed by atoms with Gasteiger partial charge in [0.15, 0.2) is 11.2 Å². The maximum Gasteiger partial charge on any atom is 0.416 e. The molecule has 1 N–H and O–H groups in total. The van der Waals surface area contributed by atoms with E-state index < -0.39 is 27.0 Å². The Hall–Kier alpha value is -3.41. The van der Waals surface area contributed by atoms with E-state index in [0.29, 0.717) is 12.1 Å². The molecule has 8 nitrogen and oxygen atoms in total. The SMILES string of the molecule is O=S(=O)(c1cnn(-c2cc(C(F)(F)F)ccn2)c1)C1CCNc2cccc3cnn1c23. The second-order valence-corrected chi connectivity index (χ2v) is 9.17. The Balaban J connectivity index is 1.55. The fourth-order valence-electron chi connectivity index (χ4n) is 3.66. The van der Waals surface area contributed by atoms with Gasteiger partial charge in [0.2, 0.25) is 9.84 Å². The number of anilines is 1. The molecular formula is C19H15F3N6O2S. The number of rotatable bonds is 3. The molecule has 12 heteroatoms. The molecule has 0 saturated heterocycles. The number of hydrogen-bond donors (Lipinski definition) is 1. The van der Waals surface area contributed by atoms with Crippen LogP contribution >= 0.6 is 0 Å². The predicted octanol–water partition coefficient (Wildman–Crippen LogP) is 3.42. The Labute approximate surface area is 174 Å². The molecule has 0 bridgehead atoms. The van der Waals surface area contributed by atoms with Crippen LogP contribution in [0.5, 0.6) is 0 Å². The lowest BCUT2D eigenvalue weighted by Gasteiger charge is -2.16. The number of halogens is 3. The van der Waals surface area contributed by atoms with Gasteiger partial charge in [-0.25, -0.2) is 22.8 Å². The summed E-state index contributed by atoms with van der Waals surface area (Å²) in [6.07, 6.45) is 0.588. The minimum absolute atomic E-state index is 0.125. The van der Waals surface area contributed by atoms with Gasteiger partial charge in [0.05, 0.1) is 35.4 Å². The van der Waals surface area contributed by atoms with Crippen LogP contribution in [0.15, 0.2) is 60.0 Å². The summed E-state index contributed by atoms with van der Waals surface area (Å²) in [6.45, 7) is 0.412. The summed E-state index contributed by atoms with van der Waals surface area (Å²) < 4.78 is 68.3. The zero-order valence-corrected chi connectivity index (χ0v) is 16.6. The highest BCUT2D eigenvalue weighted by Crippen LogP contribution is 2.35. The molecule has 1 unspecified atom stereocenters. The van der Waals surface area contributed by atoms with Crippen LogP contribution in [-0.4, -0.2) is 39.5 Å². The molecule has 1 aliphatic heterocycles. The zero-order chi connectivity index (χ0) is 21.8. The van der Waals surface area contributed by atoms with Gasteiger partial charge in [0.25, 0.3) is 0 Å². The second-order valence-electron chi connectivity index (χ2n) is 7.07. The molecule has 4 aromatic rings. The number of pyridine rings is 1. The summed E-state index contributed by atoms with van der Waals surface area (Å²) in [5, 5.41) is 11.3. The third-order valence-electron chi connectivity index (χ3n) is 5.15. The van der Waals surface area contributed by atoms with Gasteiger partial charge < -0.3 is 5.32 Å². The van der Waals surface area contributed by atoms with Crippen molar-refractivity contribution < 1.29 is 21.6 Å². The molecule has 0 spiro atoms. The molecule has 3 aromatic heterocycles. The van der Waals surface area contributed by atoms with Gasteiger partial charge in [0, 0.05) is 24.5 Å². The first-order chi connectivity index (χ1) is 14.7. The number of nitrogens with one attached hydrogen (secondary N) is 1. The van der Waals surface area contributed by atoms with E-state index in [1.54, 1.807) is 6.20 Å². The van der Waals surface area contributed by atoms with Gasteiger partial charge in [-0.15, -0.1) is 0 Å². The maximum atomic E-state index is 13.4. The van der Waals surface area contributed by atoms with Crippen molar-refractivity contribution in [2.45, 2.75) is 22.9 Å².